The Morgan fingerprint density at radius 2 is 2.20 bits per heavy atom. The van der Waals surface area contributed by atoms with Crippen LogP contribution < -0.4 is 5.73 Å². The fourth-order valence-electron chi connectivity index (χ4n) is 1.95. The minimum absolute atomic E-state index is 0.0780. The summed E-state index contributed by atoms with van der Waals surface area (Å²) in [6, 6.07) is 9.27. The number of carbonyl (C=O) groups is 1. The molecule has 0 bridgehead atoms. The third kappa shape index (κ3) is 3.03. The second-order valence-corrected chi connectivity index (χ2v) is 5.01. The second kappa shape index (κ2) is 5.83. The lowest BCUT2D eigenvalue weighted by molar-refractivity contribution is 0.0774. The van der Waals surface area contributed by atoms with Crippen LogP contribution in [0.5, 0.6) is 0 Å². The predicted octanol–water partition coefficient (Wildman–Crippen LogP) is 1.33. The first-order valence-electron chi connectivity index (χ1n) is 6.11. The van der Waals surface area contributed by atoms with Crippen LogP contribution in [-0.4, -0.2) is 32.6 Å². The average Bonchev–Trinajstić information content (AvgIpc) is 2.84. The maximum atomic E-state index is 12.3. The molecule has 0 saturated carbocycles. The lowest BCUT2D eigenvalue weighted by Gasteiger charge is -2.17. The van der Waals surface area contributed by atoms with Crippen LogP contribution in [0.4, 0.5) is 0 Å². The van der Waals surface area contributed by atoms with Crippen molar-refractivity contribution in [2.45, 2.75) is 6.54 Å². The molecule has 0 atom stereocenters. The number of hydrogen-bond donors (Lipinski definition) is 1. The van der Waals surface area contributed by atoms with Gasteiger partial charge in [-0.3, -0.25) is 9.48 Å². The molecule has 0 unspecified atom stereocenters. The number of amides is 1. The molecular formula is C14H16N4OS. The molecule has 104 valence electrons. The molecule has 0 spiro atoms. The van der Waals surface area contributed by atoms with Crippen molar-refractivity contribution in [2.75, 3.05) is 7.05 Å². The van der Waals surface area contributed by atoms with Crippen LogP contribution in [-0.2, 0) is 13.6 Å². The molecular weight excluding hydrogens is 272 g/mol. The van der Waals surface area contributed by atoms with Gasteiger partial charge in [0.25, 0.3) is 5.91 Å². The molecule has 1 aromatic carbocycles. The summed E-state index contributed by atoms with van der Waals surface area (Å²) in [7, 11) is 3.50. The van der Waals surface area contributed by atoms with Gasteiger partial charge in [0.2, 0.25) is 0 Å². The molecule has 0 aliphatic rings. The van der Waals surface area contributed by atoms with Crippen LogP contribution >= 0.6 is 12.2 Å². The lowest BCUT2D eigenvalue weighted by Crippen LogP contribution is -2.28. The number of carbonyl (C=O) groups excluding carboxylic acids is 1. The van der Waals surface area contributed by atoms with E-state index in [0.29, 0.717) is 17.2 Å². The third-order valence-corrected chi connectivity index (χ3v) is 3.25. The van der Waals surface area contributed by atoms with Gasteiger partial charge in [-0.05, 0) is 17.7 Å². The van der Waals surface area contributed by atoms with E-state index in [-0.39, 0.29) is 5.91 Å². The number of aromatic nitrogens is 2. The standard InChI is InChI=1S/C14H16N4OS/c1-17(14(19)12-6-7-16-18(12)2)9-10-4-3-5-11(8-10)13(15)20/h3-8H,9H2,1-2H3,(H2,15,20). The zero-order valence-corrected chi connectivity index (χ0v) is 12.2. The Morgan fingerprint density at radius 1 is 1.45 bits per heavy atom. The molecule has 1 aromatic heterocycles. The molecule has 0 saturated heterocycles. The van der Waals surface area contributed by atoms with E-state index in [9.17, 15) is 4.79 Å². The van der Waals surface area contributed by atoms with Gasteiger partial charge in [0.15, 0.2) is 0 Å². The van der Waals surface area contributed by atoms with Crippen molar-refractivity contribution in [3.05, 3.63) is 53.3 Å². The van der Waals surface area contributed by atoms with E-state index in [1.807, 2.05) is 24.3 Å². The van der Waals surface area contributed by atoms with Gasteiger partial charge in [-0.15, -0.1) is 0 Å². The molecule has 6 heteroatoms. The minimum atomic E-state index is -0.0780. The largest absolute Gasteiger partial charge is 0.389 e. The Kier molecular flexibility index (Phi) is 4.14. The molecule has 2 N–H and O–H groups in total. The van der Waals surface area contributed by atoms with Crippen molar-refractivity contribution in [1.29, 1.82) is 0 Å². The van der Waals surface area contributed by atoms with Gasteiger partial charge < -0.3 is 10.6 Å². The monoisotopic (exact) mass is 288 g/mol. The van der Waals surface area contributed by atoms with Crippen molar-refractivity contribution < 1.29 is 4.79 Å². The molecule has 2 rings (SSSR count). The molecule has 1 heterocycles. The van der Waals surface area contributed by atoms with Crippen molar-refractivity contribution in [1.82, 2.24) is 14.7 Å². The Bertz CT molecular complexity index is 650. The topological polar surface area (TPSA) is 64.2 Å². The van der Waals surface area contributed by atoms with Crippen LogP contribution in [0.1, 0.15) is 21.6 Å². The van der Waals surface area contributed by atoms with E-state index in [4.69, 9.17) is 18.0 Å². The Balaban J connectivity index is 2.14. The summed E-state index contributed by atoms with van der Waals surface area (Å²) < 4.78 is 1.56. The van der Waals surface area contributed by atoms with E-state index in [0.717, 1.165) is 11.1 Å². The van der Waals surface area contributed by atoms with Crippen molar-refractivity contribution >= 4 is 23.1 Å². The van der Waals surface area contributed by atoms with Crippen LogP contribution in [0, 0.1) is 0 Å². The number of hydrogen-bond acceptors (Lipinski definition) is 3. The van der Waals surface area contributed by atoms with Crippen LogP contribution in [0.2, 0.25) is 0 Å². The molecule has 0 aliphatic heterocycles. The first-order chi connectivity index (χ1) is 9.49. The van der Waals surface area contributed by atoms with Crippen molar-refractivity contribution in [3.63, 3.8) is 0 Å². The summed E-state index contributed by atoms with van der Waals surface area (Å²) in [4.78, 5) is 14.3. The number of nitrogens with two attached hydrogens (primary N) is 1. The minimum Gasteiger partial charge on any atom is -0.389 e. The summed E-state index contributed by atoms with van der Waals surface area (Å²) in [5.41, 5.74) is 7.95. The Hall–Kier alpha value is -2.21. The highest BCUT2D eigenvalue weighted by atomic mass is 32.1. The quantitative estimate of drug-likeness (QED) is 0.862. The average molecular weight is 288 g/mol. The number of thiocarbonyl (C=S) groups is 1. The summed E-state index contributed by atoms with van der Waals surface area (Å²) in [6.45, 7) is 0.487. The van der Waals surface area contributed by atoms with Gasteiger partial charge in [-0.25, -0.2) is 0 Å². The molecule has 20 heavy (non-hydrogen) atoms. The molecule has 0 radical (unpaired) electrons. The van der Waals surface area contributed by atoms with E-state index in [2.05, 4.69) is 5.10 Å². The molecule has 2 aromatic rings. The summed E-state index contributed by atoms with van der Waals surface area (Å²) >= 11 is 4.95. The number of benzene rings is 1. The van der Waals surface area contributed by atoms with Crippen molar-refractivity contribution in [2.24, 2.45) is 12.8 Å². The van der Waals surface area contributed by atoms with Gasteiger partial charge in [-0.1, -0.05) is 30.4 Å². The van der Waals surface area contributed by atoms with E-state index in [1.165, 1.54) is 0 Å². The zero-order valence-electron chi connectivity index (χ0n) is 11.4. The highest BCUT2D eigenvalue weighted by Crippen LogP contribution is 2.10. The number of aryl methyl sites for hydroxylation is 1. The first-order valence-corrected chi connectivity index (χ1v) is 6.52. The predicted molar refractivity (Wildman–Crippen MR) is 81.3 cm³/mol. The van der Waals surface area contributed by atoms with E-state index in [1.54, 1.807) is 35.9 Å². The fourth-order valence-corrected chi connectivity index (χ4v) is 2.07. The molecule has 5 nitrogen and oxygen atoms in total. The number of rotatable bonds is 4. The Morgan fingerprint density at radius 3 is 2.80 bits per heavy atom. The summed E-state index contributed by atoms with van der Waals surface area (Å²) in [6.07, 6.45) is 1.61. The fraction of sp³-hybridized carbons (Fsp3) is 0.214. The SMILES string of the molecule is CN(Cc1cccc(C(N)=S)c1)C(=O)c1ccnn1C. The van der Waals surface area contributed by atoms with Crippen molar-refractivity contribution in [3.8, 4) is 0 Å². The van der Waals surface area contributed by atoms with Gasteiger partial charge in [0, 0.05) is 32.4 Å². The zero-order chi connectivity index (χ0) is 14.7. The molecule has 0 aliphatic carbocycles. The van der Waals surface area contributed by atoms with Gasteiger partial charge in [0.05, 0.1) is 0 Å². The van der Waals surface area contributed by atoms with Crippen LogP contribution in [0.3, 0.4) is 0 Å². The van der Waals surface area contributed by atoms with Crippen LogP contribution in [0.25, 0.3) is 0 Å². The highest BCUT2D eigenvalue weighted by Gasteiger charge is 2.15. The summed E-state index contributed by atoms with van der Waals surface area (Å²) in [5.74, 6) is -0.0780. The van der Waals surface area contributed by atoms with Crippen LogP contribution in [0.15, 0.2) is 36.5 Å². The Labute approximate surface area is 123 Å². The lowest BCUT2D eigenvalue weighted by atomic mass is 10.1. The van der Waals surface area contributed by atoms with Gasteiger partial charge >= 0.3 is 0 Å². The molecule has 1 amide bonds. The maximum Gasteiger partial charge on any atom is 0.272 e. The van der Waals surface area contributed by atoms with E-state index >= 15 is 0 Å². The number of nitrogens with zero attached hydrogens (tertiary/aromatic N) is 3. The van der Waals surface area contributed by atoms with E-state index < -0.39 is 0 Å². The summed E-state index contributed by atoms with van der Waals surface area (Å²) in [5, 5.41) is 4.00. The third-order valence-electron chi connectivity index (χ3n) is 3.02. The second-order valence-electron chi connectivity index (χ2n) is 4.57. The maximum absolute atomic E-state index is 12.3. The molecule has 0 fully saturated rings. The smallest absolute Gasteiger partial charge is 0.272 e. The first kappa shape index (κ1) is 14.2. The normalized spacial score (nSPS) is 10.3. The highest BCUT2D eigenvalue weighted by molar-refractivity contribution is 7.80. The van der Waals surface area contributed by atoms with Gasteiger partial charge in [0.1, 0.15) is 10.7 Å². The van der Waals surface area contributed by atoms with Gasteiger partial charge in [-0.2, -0.15) is 5.10 Å².